The molecule has 0 heterocycles. The summed E-state index contributed by atoms with van der Waals surface area (Å²) in [5, 5.41) is 0. The van der Waals surface area contributed by atoms with Crippen LogP contribution in [0.1, 0.15) is 27.7 Å². The first-order chi connectivity index (χ1) is 5.66. The van der Waals surface area contributed by atoms with Gasteiger partial charge in [-0.2, -0.15) is 0 Å². The van der Waals surface area contributed by atoms with Gasteiger partial charge in [0.25, 0.3) is 0 Å². The van der Waals surface area contributed by atoms with Crippen molar-refractivity contribution in [3.8, 4) is 0 Å². The zero-order valence-electron chi connectivity index (χ0n) is 8.41. The Kier molecular flexibility index (Phi) is 14.4. The third-order valence-electron chi connectivity index (χ3n) is 2.68. The molecule has 0 bridgehead atoms. The van der Waals surface area contributed by atoms with E-state index < -0.39 is 0 Å². The zero-order chi connectivity index (χ0) is 10.0. The van der Waals surface area contributed by atoms with Crippen LogP contribution in [0, 0.1) is 0 Å². The van der Waals surface area contributed by atoms with Crippen molar-refractivity contribution in [1.82, 2.24) is 0 Å². The summed E-state index contributed by atoms with van der Waals surface area (Å²) in [5.74, 6) is 0. The second-order valence-corrected chi connectivity index (χ2v) is 12.4. The van der Waals surface area contributed by atoms with E-state index in [1.807, 2.05) is 0 Å². The van der Waals surface area contributed by atoms with Gasteiger partial charge in [0, 0.05) is 0 Å². The molecule has 0 aromatic carbocycles. The van der Waals surface area contributed by atoms with Crippen molar-refractivity contribution in [3.63, 3.8) is 0 Å². The van der Waals surface area contributed by atoms with E-state index in [2.05, 4.69) is 53.1 Å². The van der Waals surface area contributed by atoms with Crippen molar-refractivity contribution < 1.29 is 21.2 Å². The van der Waals surface area contributed by atoms with Gasteiger partial charge in [0.05, 0.1) is 26.2 Å². The molecule has 0 radical (unpaired) electrons. The van der Waals surface area contributed by atoms with Gasteiger partial charge in [0.15, 0.2) is 0 Å². The maximum atomic E-state index is 3.17. The maximum absolute atomic E-state index is 3.17. The summed E-state index contributed by atoms with van der Waals surface area (Å²) in [6.45, 7) is 14.2. The predicted octanol–water partition coefficient (Wildman–Crippen LogP) is 0.578. The molecule has 0 aliphatic carbocycles. The van der Waals surface area contributed by atoms with Gasteiger partial charge < -0.3 is 4.48 Å². The molecule has 0 aliphatic heterocycles. The second-order valence-electron chi connectivity index (χ2n) is 2.66. The number of quaternary nitrogens is 1. The summed E-state index contributed by atoms with van der Waals surface area (Å²) in [6.07, 6.45) is 0. The van der Waals surface area contributed by atoms with Crippen LogP contribution in [0.2, 0.25) is 0 Å². The van der Waals surface area contributed by atoms with Crippen LogP contribution in [0.25, 0.3) is 0 Å². The molecule has 0 fully saturated rings. The number of hydrogen-bond acceptors (Lipinski definition) is 0. The molecule has 4 heteroatoms. The molecule has 0 aliphatic rings. The quantitative estimate of drug-likeness (QED) is 0.464. The molecule has 0 atom stereocenters. The number of rotatable bonds is 4. The van der Waals surface area contributed by atoms with Crippen LogP contribution < -0.4 is 16.8 Å². The number of nitrogens with zero attached hydrogens (tertiary/aromatic N) is 1. The summed E-state index contributed by atoms with van der Waals surface area (Å²) in [4.78, 5) is 0. The van der Waals surface area contributed by atoms with Gasteiger partial charge in [0.2, 0.25) is 0 Å². The van der Waals surface area contributed by atoms with Gasteiger partial charge in [-0.3, -0.25) is 0 Å². The molecule has 0 spiro atoms. The van der Waals surface area contributed by atoms with Crippen LogP contribution in [0.4, 0.5) is 0 Å². The predicted molar refractivity (Wildman–Crippen MR) is 60.3 cm³/mol. The first-order valence-electron chi connectivity index (χ1n) is 4.38. The van der Waals surface area contributed by atoms with E-state index in [-0.39, 0.29) is 16.8 Å². The number of halogens is 3. The minimum absolute atomic E-state index is 0.215. The van der Waals surface area contributed by atoms with Crippen LogP contribution in [-0.2, 0) is 0 Å². The van der Waals surface area contributed by atoms with Crippen molar-refractivity contribution >= 4 is 25.4 Å². The standard InChI is InChI=1S/C8H20N.Br2I/c1-5-9(6-2,7-3)8-4;1-3-2/h5-8H2,1-4H3;/q+1;-1. The van der Waals surface area contributed by atoms with Crippen LogP contribution >= 0.6 is 25.4 Å². The normalized spacial score (nSPS) is 10.8. The monoisotopic (exact) mass is 415 g/mol. The molecule has 0 saturated carbocycles. The molecule has 0 N–H and O–H groups in total. The van der Waals surface area contributed by atoms with E-state index >= 15 is 0 Å². The van der Waals surface area contributed by atoms with Gasteiger partial charge in [-0.1, -0.05) is 0 Å². The van der Waals surface area contributed by atoms with Crippen LogP contribution in [-0.4, -0.2) is 30.7 Å². The topological polar surface area (TPSA) is 0 Å². The van der Waals surface area contributed by atoms with Crippen molar-refractivity contribution in [2.75, 3.05) is 26.2 Å². The molecule has 0 unspecified atom stereocenters. The summed E-state index contributed by atoms with van der Waals surface area (Å²) in [5.41, 5.74) is 0. The van der Waals surface area contributed by atoms with Crippen LogP contribution in [0.3, 0.4) is 0 Å². The van der Waals surface area contributed by atoms with Crippen molar-refractivity contribution in [2.45, 2.75) is 27.7 Å². The molecular formula is C8H20Br2IN. The van der Waals surface area contributed by atoms with E-state index in [1.54, 1.807) is 0 Å². The Morgan fingerprint density at radius 3 is 1.00 bits per heavy atom. The fraction of sp³-hybridized carbons (Fsp3) is 1.00. The third-order valence-corrected chi connectivity index (χ3v) is 2.68. The van der Waals surface area contributed by atoms with Gasteiger partial charge >= 0.3 is 42.1 Å². The Morgan fingerprint density at radius 2 is 1.00 bits per heavy atom. The molecule has 12 heavy (non-hydrogen) atoms. The molecular weight excluding hydrogens is 397 g/mol. The average molecular weight is 417 g/mol. The smallest absolute Gasteiger partial charge is 0.0757 e. The molecule has 0 saturated heterocycles. The van der Waals surface area contributed by atoms with E-state index in [1.165, 1.54) is 30.7 Å². The van der Waals surface area contributed by atoms with Crippen molar-refractivity contribution in [2.24, 2.45) is 0 Å². The molecule has 0 aromatic heterocycles. The van der Waals surface area contributed by atoms with Gasteiger partial charge in [0.1, 0.15) is 0 Å². The van der Waals surface area contributed by atoms with E-state index in [4.69, 9.17) is 0 Å². The van der Waals surface area contributed by atoms with Gasteiger partial charge in [-0.15, -0.1) is 0 Å². The van der Waals surface area contributed by atoms with Gasteiger partial charge in [-0.05, 0) is 27.7 Å². The summed E-state index contributed by atoms with van der Waals surface area (Å²) >= 11 is 6.56. The third kappa shape index (κ3) is 7.09. The fourth-order valence-electron chi connectivity index (χ4n) is 1.34. The van der Waals surface area contributed by atoms with E-state index in [9.17, 15) is 0 Å². The molecule has 0 rings (SSSR count). The minimum Gasteiger partial charge on any atom is -0.325 e. The Balaban J connectivity index is 0. The largest absolute Gasteiger partial charge is 0.325 e. The first kappa shape index (κ1) is 16.1. The van der Waals surface area contributed by atoms with E-state index in [0.29, 0.717) is 0 Å². The van der Waals surface area contributed by atoms with E-state index in [0.717, 1.165) is 0 Å². The maximum Gasteiger partial charge on any atom is 0.0757 e. The van der Waals surface area contributed by atoms with Crippen molar-refractivity contribution in [1.29, 1.82) is 0 Å². The zero-order valence-corrected chi connectivity index (χ0v) is 13.7. The Hall–Kier alpha value is 1.65. The Labute approximate surface area is 99.6 Å². The van der Waals surface area contributed by atoms with Crippen molar-refractivity contribution in [3.05, 3.63) is 0 Å². The number of hydrogen-bond donors (Lipinski definition) is 0. The second kappa shape index (κ2) is 10.7. The fourth-order valence-corrected chi connectivity index (χ4v) is 1.34. The Morgan fingerprint density at radius 1 is 0.833 bits per heavy atom. The molecule has 0 amide bonds. The summed E-state index contributed by atoms with van der Waals surface area (Å²) in [6, 6.07) is 0. The average Bonchev–Trinajstić information content (AvgIpc) is 2.11. The van der Waals surface area contributed by atoms with Crippen LogP contribution in [0.5, 0.6) is 0 Å². The summed E-state index contributed by atoms with van der Waals surface area (Å²) in [7, 11) is 0. The molecule has 78 valence electrons. The summed E-state index contributed by atoms with van der Waals surface area (Å²) < 4.78 is 1.28. The molecule has 1 nitrogen and oxygen atoms in total. The van der Waals surface area contributed by atoms with Crippen LogP contribution in [0.15, 0.2) is 0 Å². The molecule has 0 aromatic rings. The SMILES string of the molecule is Br[I-]Br.CC[N+](CC)(CC)CC. The minimum atomic E-state index is 0.215. The first-order valence-corrected chi connectivity index (χ1v) is 14.1. The Bertz CT molecular complexity index is 69.6. The van der Waals surface area contributed by atoms with Gasteiger partial charge in [-0.25, -0.2) is 0 Å².